The van der Waals surface area contributed by atoms with Crippen molar-refractivity contribution in [2.24, 2.45) is 0 Å². The van der Waals surface area contributed by atoms with Crippen molar-refractivity contribution < 1.29 is 9.32 Å². The van der Waals surface area contributed by atoms with Crippen LogP contribution < -0.4 is 4.90 Å². The molecule has 0 saturated carbocycles. The lowest BCUT2D eigenvalue weighted by atomic mass is 9.91. The Bertz CT molecular complexity index is 1060. The number of carbonyl (C=O) groups excluding carboxylic acids is 1. The number of likely N-dealkylation sites (tertiary alicyclic amines) is 1. The average molecular weight is 419 g/mol. The molecule has 3 aromatic rings. The van der Waals surface area contributed by atoms with Crippen LogP contribution in [0.5, 0.6) is 0 Å². The fourth-order valence-corrected chi connectivity index (χ4v) is 4.40. The lowest BCUT2D eigenvalue weighted by Gasteiger charge is -2.33. The SMILES string of the molecule is Cc1cc(-c2cnc(N3CCCC3)nc2[C@@H]2CCCN(C(=O)c3cnccn3)C2)on1. The van der Waals surface area contributed by atoms with Crippen molar-refractivity contribution in [3.63, 3.8) is 0 Å². The molecule has 2 saturated heterocycles. The summed E-state index contributed by atoms with van der Waals surface area (Å²) in [6, 6.07) is 1.91. The van der Waals surface area contributed by atoms with Gasteiger partial charge in [-0.05, 0) is 32.6 Å². The van der Waals surface area contributed by atoms with Crippen LogP contribution in [0.3, 0.4) is 0 Å². The summed E-state index contributed by atoms with van der Waals surface area (Å²) in [6.45, 7) is 5.12. The molecule has 2 aliphatic heterocycles. The topological polar surface area (TPSA) is 101 Å². The molecule has 2 fully saturated rings. The van der Waals surface area contributed by atoms with Gasteiger partial charge in [0.1, 0.15) is 5.69 Å². The van der Waals surface area contributed by atoms with Gasteiger partial charge >= 0.3 is 0 Å². The smallest absolute Gasteiger partial charge is 0.274 e. The third-order valence-electron chi connectivity index (χ3n) is 5.97. The zero-order chi connectivity index (χ0) is 21.2. The molecule has 9 nitrogen and oxygen atoms in total. The fraction of sp³-hybridized carbons (Fsp3) is 0.455. The van der Waals surface area contributed by atoms with E-state index >= 15 is 0 Å². The summed E-state index contributed by atoms with van der Waals surface area (Å²) in [5.74, 6) is 1.41. The Hall–Kier alpha value is -3.36. The van der Waals surface area contributed by atoms with Gasteiger partial charge in [-0.1, -0.05) is 5.16 Å². The highest BCUT2D eigenvalue weighted by molar-refractivity contribution is 5.92. The Morgan fingerprint density at radius 1 is 1.10 bits per heavy atom. The molecule has 5 heterocycles. The maximum Gasteiger partial charge on any atom is 0.274 e. The van der Waals surface area contributed by atoms with Crippen molar-refractivity contribution in [1.29, 1.82) is 0 Å². The first-order chi connectivity index (χ1) is 15.2. The third-order valence-corrected chi connectivity index (χ3v) is 5.97. The quantitative estimate of drug-likeness (QED) is 0.636. The highest BCUT2D eigenvalue weighted by Gasteiger charge is 2.30. The van der Waals surface area contributed by atoms with Crippen LogP contribution in [-0.2, 0) is 0 Å². The second kappa shape index (κ2) is 8.41. The number of nitrogens with zero attached hydrogens (tertiary/aromatic N) is 7. The molecule has 1 amide bonds. The number of piperidine rings is 1. The molecule has 0 unspecified atom stereocenters. The number of aromatic nitrogens is 5. The number of anilines is 1. The van der Waals surface area contributed by atoms with Gasteiger partial charge in [0.05, 0.1) is 23.1 Å². The monoisotopic (exact) mass is 419 g/mol. The van der Waals surface area contributed by atoms with Crippen LogP contribution in [0.1, 0.15) is 53.5 Å². The first kappa shape index (κ1) is 19.6. The highest BCUT2D eigenvalue weighted by Crippen LogP contribution is 2.35. The Morgan fingerprint density at radius 3 is 2.71 bits per heavy atom. The molecule has 5 rings (SSSR count). The summed E-state index contributed by atoms with van der Waals surface area (Å²) in [7, 11) is 0. The number of hydrogen-bond acceptors (Lipinski definition) is 8. The van der Waals surface area contributed by atoms with E-state index in [0.29, 0.717) is 24.5 Å². The van der Waals surface area contributed by atoms with Gasteiger partial charge in [0.2, 0.25) is 5.95 Å². The summed E-state index contributed by atoms with van der Waals surface area (Å²) in [4.78, 5) is 34.9. The highest BCUT2D eigenvalue weighted by atomic mass is 16.5. The molecule has 0 aromatic carbocycles. The van der Waals surface area contributed by atoms with Crippen LogP contribution in [0.4, 0.5) is 5.95 Å². The summed E-state index contributed by atoms with van der Waals surface area (Å²) in [6.07, 6.45) is 10.6. The van der Waals surface area contributed by atoms with Crippen molar-refractivity contribution in [1.82, 2.24) is 30.0 Å². The minimum atomic E-state index is -0.0938. The number of hydrogen-bond donors (Lipinski definition) is 0. The molecule has 0 aliphatic carbocycles. The molecule has 0 N–H and O–H groups in total. The van der Waals surface area contributed by atoms with E-state index in [2.05, 4.69) is 25.0 Å². The summed E-state index contributed by atoms with van der Waals surface area (Å²) < 4.78 is 5.55. The van der Waals surface area contributed by atoms with Crippen LogP contribution in [0.2, 0.25) is 0 Å². The molecule has 1 atom stereocenters. The molecule has 160 valence electrons. The number of amides is 1. The molecule has 9 heteroatoms. The van der Waals surface area contributed by atoms with E-state index in [9.17, 15) is 4.79 Å². The maximum absolute atomic E-state index is 13.0. The standard InChI is InChI=1S/C22H25N7O2/c1-15-11-19(31-27-15)17-12-25-22(28-8-2-3-9-28)26-20(17)16-5-4-10-29(14-16)21(30)18-13-23-6-7-24-18/h6-7,11-13,16H,2-5,8-10,14H2,1H3/t16-/m1/s1. The second-order valence-corrected chi connectivity index (χ2v) is 8.18. The fourth-order valence-electron chi connectivity index (χ4n) is 4.40. The second-order valence-electron chi connectivity index (χ2n) is 8.18. The third kappa shape index (κ3) is 3.99. The molecular weight excluding hydrogens is 394 g/mol. The summed E-state index contributed by atoms with van der Waals surface area (Å²) >= 11 is 0. The van der Waals surface area contributed by atoms with Crippen LogP contribution >= 0.6 is 0 Å². The van der Waals surface area contributed by atoms with Crippen LogP contribution in [0.25, 0.3) is 11.3 Å². The number of carbonyl (C=O) groups is 1. The van der Waals surface area contributed by atoms with Gasteiger partial charge in [-0.15, -0.1) is 0 Å². The average Bonchev–Trinajstić information content (AvgIpc) is 3.51. The Kier molecular flexibility index (Phi) is 5.31. The first-order valence-electron chi connectivity index (χ1n) is 10.8. The van der Waals surface area contributed by atoms with E-state index in [4.69, 9.17) is 9.51 Å². The van der Waals surface area contributed by atoms with E-state index in [-0.39, 0.29) is 11.8 Å². The van der Waals surface area contributed by atoms with E-state index < -0.39 is 0 Å². The van der Waals surface area contributed by atoms with Crippen molar-refractivity contribution in [3.8, 4) is 11.3 Å². The molecule has 31 heavy (non-hydrogen) atoms. The first-order valence-corrected chi connectivity index (χ1v) is 10.8. The van der Waals surface area contributed by atoms with Gasteiger partial charge in [-0.2, -0.15) is 0 Å². The van der Waals surface area contributed by atoms with Gasteiger partial charge in [0, 0.05) is 56.8 Å². The predicted molar refractivity (Wildman–Crippen MR) is 114 cm³/mol. The maximum atomic E-state index is 13.0. The summed E-state index contributed by atoms with van der Waals surface area (Å²) in [5, 5.41) is 4.04. The zero-order valence-corrected chi connectivity index (χ0v) is 17.6. The van der Waals surface area contributed by atoms with Crippen molar-refractivity contribution >= 4 is 11.9 Å². The Balaban J connectivity index is 1.48. The molecule has 0 radical (unpaired) electrons. The molecule has 0 bridgehead atoms. The van der Waals surface area contributed by atoms with Gasteiger partial charge < -0.3 is 14.3 Å². The van der Waals surface area contributed by atoms with Gasteiger partial charge in [0.15, 0.2) is 5.76 Å². The van der Waals surface area contributed by atoms with Crippen LogP contribution in [0, 0.1) is 6.92 Å². The van der Waals surface area contributed by atoms with Crippen molar-refractivity contribution in [2.75, 3.05) is 31.1 Å². The Labute approximate surface area is 180 Å². The van der Waals surface area contributed by atoms with Gasteiger partial charge in [-0.25, -0.2) is 15.0 Å². The van der Waals surface area contributed by atoms with Crippen molar-refractivity contribution in [2.45, 2.75) is 38.5 Å². The van der Waals surface area contributed by atoms with Gasteiger partial charge in [-0.3, -0.25) is 9.78 Å². The molecular formula is C22H25N7O2. The van der Waals surface area contributed by atoms with E-state index in [1.165, 1.54) is 6.20 Å². The van der Waals surface area contributed by atoms with Crippen molar-refractivity contribution in [3.05, 3.63) is 47.9 Å². The number of rotatable bonds is 4. The lowest BCUT2D eigenvalue weighted by molar-refractivity contribution is 0.0699. The lowest BCUT2D eigenvalue weighted by Crippen LogP contribution is -2.40. The van der Waals surface area contributed by atoms with Crippen LogP contribution in [-0.4, -0.2) is 62.1 Å². The van der Waals surface area contributed by atoms with E-state index in [0.717, 1.165) is 61.7 Å². The minimum Gasteiger partial charge on any atom is -0.356 e. The molecule has 3 aromatic heterocycles. The van der Waals surface area contributed by atoms with Gasteiger partial charge in [0.25, 0.3) is 5.91 Å². The normalized spacial score (nSPS) is 19.1. The minimum absolute atomic E-state index is 0.0825. The van der Waals surface area contributed by atoms with E-state index in [1.54, 1.807) is 12.4 Å². The molecule has 2 aliphatic rings. The van der Waals surface area contributed by atoms with E-state index in [1.807, 2.05) is 24.1 Å². The Morgan fingerprint density at radius 2 is 1.97 bits per heavy atom. The summed E-state index contributed by atoms with van der Waals surface area (Å²) in [5.41, 5.74) is 2.95. The zero-order valence-electron chi connectivity index (χ0n) is 17.6. The predicted octanol–water partition coefficient (Wildman–Crippen LogP) is 2.85. The largest absolute Gasteiger partial charge is 0.356 e. The molecule has 0 spiro atoms. The van der Waals surface area contributed by atoms with Crippen LogP contribution in [0.15, 0.2) is 35.4 Å². The number of aryl methyl sites for hydroxylation is 1.